The Hall–Kier alpha value is -0.820. The Morgan fingerprint density at radius 3 is 3.00 bits per heavy atom. The fraction of sp³-hybridized carbons (Fsp3) is 0.700. The van der Waals surface area contributed by atoms with Crippen LogP contribution in [0.5, 0.6) is 0 Å². The summed E-state index contributed by atoms with van der Waals surface area (Å²) in [5.41, 5.74) is 0. The average molecular weight is 273 g/mol. The minimum absolute atomic E-state index is 0.0652. The molecule has 0 unspecified atom stereocenters. The van der Waals surface area contributed by atoms with Crippen molar-refractivity contribution in [1.82, 2.24) is 10.2 Å². The van der Waals surface area contributed by atoms with Crippen molar-refractivity contribution in [3.05, 3.63) is 0 Å². The van der Waals surface area contributed by atoms with E-state index in [1.165, 1.54) is 35.9 Å². The van der Waals surface area contributed by atoms with Gasteiger partial charge in [0.25, 0.3) is 0 Å². The van der Waals surface area contributed by atoms with Crippen LogP contribution in [0.25, 0.3) is 0 Å². The highest BCUT2D eigenvalue weighted by Gasteiger charge is 2.22. The van der Waals surface area contributed by atoms with E-state index >= 15 is 0 Å². The van der Waals surface area contributed by atoms with Crippen LogP contribution in [-0.4, -0.2) is 34.1 Å². The molecule has 94 valence electrons. The van der Waals surface area contributed by atoms with Gasteiger partial charge >= 0.3 is 5.97 Å². The lowest BCUT2D eigenvalue weighted by molar-refractivity contribution is -0.144. The van der Waals surface area contributed by atoms with E-state index in [0.717, 1.165) is 9.47 Å². The second-order valence-electron chi connectivity index (χ2n) is 4.12. The number of esters is 1. The van der Waals surface area contributed by atoms with Gasteiger partial charge in [0.1, 0.15) is 0 Å². The smallest absolute Gasteiger partial charge is 0.316 e. The van der Waals surface area contributed by atoms with Gasteiger partial charge in [0.15, 0.2) is 4.34 Å². The van der Waals surface area contributed by atoms with Crippen molar-refractivity contribution in [2.75, 3.05) is 11.1 Å². The van der Waals surface area contributed by atoms with Crippen LogP contribution in [0.15, 0.2) is 4.34 Å². The van der Waals surface area contributed by atoms with Crippen LogP contribution in [0.1, 0.15) is 26.7 Å². The van der Waals surface area contributed by atoms with Crippen molar-refractivity contribution in [2.45, 2.75) is 43.2 Å². The first-order chi connectivity index (χ1) is 8.13. The van der Waals surface area contributed by atoms with Gasteiger partial charge in [-0.15, -0.1) is 10.2 Å². The molecule has 2 rings (SSSR count). The standard InChI is InChI=1S/C10H15N3O2S2/c1-6(2)15-8(14)5-16-10-13-12-9(17-10)11-7-3-4-7/h6-7H,3-5H2,1-2H3,(H,11,12). The maximum Gasteiger partial charge on any atom is 0.316 e. The Bertz CT molecular complexity index is 391. The van der Waals surface area contributed by atoms with Crippen LogP contribution in [0.4, 0.5) is 5.13 Å². The molecular formula is C10H15N3O2S2. The van der Waals surface area contributed by atoms with Gasteiger partial charge in [0.05, 0.1) is 11.9 Å². The Labute approximate surface area is 108 Å². The lowest BCUT2D eigenvalue weighted by Crippen LogP contribution is -2.13. The Kier molecular flexibility index (Phi) is 4.22. The van der Waals surface area contributed by atoms with E-state index in [1.807, 2.05) is 13.8 Å². The normalized spacial score (nSPS) is 15.0. The molecule has 1 aliphatic carbocycles. The van der Waals surface area contributed by atoms with E-state index < -0.39 is 0 Å². The van der Waals surface area contributed by atoms with Crippen molar-refractivity contribution >= 4 is 34.2 Å². The first kappa shape index (κ1) is 12.6. The molecule has 7 heteroatoms. The average Bonchev–Trinajstić information content (AvgIpc) is 2.93. The zero-order valence-electron chi connectivity index (χ0n) is 9.80. The number of aromatic nitrogens is 2. The summed E-state index contributed by atoms with van der Waals surface area (Å²) in [6.45, 7) is 3.68. The van der Waals surface area contributed by atoms with Gasteiger partial charge in [-0.2, -0.15) is 0 Å². The number of hydrogen-bond acceptors (Lipinski definition) is 7. The van der Waals surface area contributed by atoms with Crippen molar-refractivity contribution < 1.29 is 9.53 Å². The van der Waals surface area contributed by atoms with Gasteiger partial charge in [-0.25, -0.2) is 0 Å². The van der Waals surface area contributed by atoms with Gasteiger partial charge in [0.2, 0.25) is 5.13 Å². The highest BCUT2D eigenvalue weighted by atomic mass is 32.2. The molecule has 1 heterocycles. The highest BCUT2D eigenvalue weighted by molar-refractivity contribution is 8.01. The Balaban J connectivity index is 1.74. The third kappa shape index (κ3) is 4.51. The number of thioether (sulfide) groups is 1. The van der Waals surface area contributed by atoms with Crippen molar-refractivity contribution in [2.24, 2.45) is 0 Å². The summed E-state index contributed by atoms with van der Waals surface area (Å²) < 4.78 is 5.83. The topological polar surface area (TPSA) is 64.1 Å². The highest BCUT2D eigenvalue weighted by Crippen LogP contribution is 2.30. The molecule has 1 aromatic rings. The molecule has 17 heavy (non-hydrogen) atoms. The molecule has 0 bridgehead atoms. The van der Waals surface area contributed by atoms with E-state index in [2.05, 4.69) is 15.5 Å². The fourth-order valence-electron chi connectivity index (χ4n) is 1.15. The molecule has 0 spiro atoms. The monoisotopic (exact) mass is 273 g/mol. The van der Waals surface area contributed by atoms with E-state index in [0.29, 0.717) is 6.04 Å². The van der Waals surface area contributed by atoms with Crippen LogP contribution in [0.3, 0.4) is 0 Å². The number of anilines is 1. The van der Waals surface area contributed by atoms with Gasteiger partial charge < -0.3 is 10.1 Å². The van der Waals surface area contributed by atoms with Crippen LogP contribution in [0.2, 0.25) is 0 Å². The first-order valence-electron chi connectivity index (χ1n) is 5.56. The van der Waals surface area contributed by atoms with Crippen LogP contribution < -0.4 is 5.32 Å². The van der Waals surface area contributed by atoms with Gasteiger partial charge in [-0.3, -0.25) is 4.79 Å². The van der Waals surface area contributed by atoms with E-state index in [-0.39, 0.29) is 17.8 Å². The minimum Gasteiger partial charge on any atom is -0.462 e. The quantitative estimate of drug-likeness (QED) is 0.633. The summed E-state index contributed by atoms with van der Waals surface area (Å²) in [4.78, 5) is 11.3. The van der Waals surface area contributed by atoms with Gasteiger partial charge in [-0.05, 0) is 26.7 Å². The molecule has 0 saturated heterocycles. The number of ether oxygens (including phenoxy) is 1. The van der Waals surface area contributed by atoms with Crippen molar-refractivity contribution in [1.29, 1.82) is 0 Å². The molecule has 0 radical (unpaired) electrons. The predicted molar refractivity (Wildman–Crippen MR) is 68.5 cm³/mol. The second-order valence-corrected chi connectivity index (χ2v) is 6.32. The van der Waals surface area contributed by atoms with E-state index in [9.17, 15) is 4.79 Å². The van der Waals surface area contributed by atoms with Crippen LogP contribution in [-0.2, 0) is 9.53 Å². The summed E-state index contributed by atoms with van der Waals surface area (Å²) in [5.74, 6) is 0.0767. The lowest BCUT2D eigenvalue weighted by atomic mass is 10.5. The molecular weight excluding hydrogens is 258 g/mol. The molecule has 5 nitrogen and oxygen atoms in total. The SMILES string of the molecule is CC(C)OC(=O)CSc1nnc(NC2CC2)s1. The number of nitrogens with one attached hydrogen (secondary N) is 1. The number of rotatable bonds is 6. The summed E-state index contributed by atoms with van der Waals surface area (Å²) in [6, 6.07) is 0.576. The fourth-order valence-corrected chi connectivity index (χ4v) is 2.76. The van der Waals surface area contributed by atoms with Crippen LogP contribution in [0, 0.1) is 0 Å². The second kappa shape index (κ2) is 5.68. The number of nitrogens with zero attached hydrogens (tertiary/aromatic N) is 2. The Morgan fingerprint density at radius 1 is 1.59 bits per heavy atom. The van der Waals surface area contributed by atoms with Gasteiger partial charge in [-0.1, -0.05) is 23.1 Å². The third-order valence-corrected chi connectivity index (χ3v) is 3.95. The molecule has 0 amide bonds. The summed E-state index contributed by atoms with van der Waals surface area (Å²) in [5, 5.41) is 12.1. The molecule has 1 N–H and O–H groups in total. The molecule has 0 aromatic carbocycles. The zero-order chi connectivity index (χ0) is 12.3. The molecule has 0 aliphatic heterocycles. The summed E-state index contributed by atoms with van der Waals surface area (Å²) in [6.07, 6.45) is 2.36. The van der Waals surface area contributed by atoms with E-state index in [4.69, 9.17) is 4.74 Å². The number of carbonyl (C=O) groups excluding carboxylic acids is 1. The maximum absolute atomic E-state index is 11.3. The molecule has 1 aliphatic rings. The first-order valence-corrected chi connectivity index (χ1v) is 7.36. The molecule has 0 atom stereocenters. The minimum atomic E-state index is -0.211. The molecule has 1 fully saturated rings. The van der Waals surface area contributed by atoms with Crippen molar-refractivity contribution in [3.8, 4) is 0 Å². The molecule has 1 saturated carbocycles. The van der Waals surface area contributed by atoms with E-state index in [1.54, 1.807) is 0 Å². The lowest BCUT2D eigenvalue weighted by Gasteiger charge is -2.05. The van der Waals surface area contributed by atoms with Crippen LogP contribution >= 0.6 is 23.1 Å². The Morgan fingerprint density at radius 2 is 2.35 bits per heavy atom. The predicted octanol–water partition coefficient (Wildman–Crippen LogP) is 2.16. The largest absolute Gasteiger partial charge is 0.462 e. The molecule has 1 aromatic heterocycles. The van der Waals surface area contributed by atoms with Gasteiger partial charge in [0, 0.05) is 6.04 Å². The zero-order valence-corrected chi connectivity index (χ0v) is 11.4. The summed E-state index contributed by atoms with van der Waals surface area (Å²) in [7, 11) is 0. The summed E-state index contributed by atoms with van der Waals surface area (Å²) >= 11 is 2.85. The van der Waals surface area contributed by atoms with Crippen molar-refractivity contribution in [3.63, 3.8) is 0 Å². The number of carbonyl (C=O) groups is 1. The third-order valence-electron chi connectivity index (χ3n) is 1.99. The maximum atomic E-state index is 11.3. The number of hydrogen-bond donors (Lipinski definition) is 1.